The molecule has 1 aliphatic rings. The summed E-state index contributed by atoms with van der Waals surface area (Å²) in [6.07, 6.45) is 1.72. The lowest BCUT2D eigenvalue weighted by atomic mass is 9.91. The van der Waals surface area contributed by atoms with Crippen molar-refractivity contribution in [2.24, 2.45) is 11.7 Å². The molecule has 1 aromatic rings. The number of amides is 1. The Labute approximate surface area is 139 Å². The van der Waals surface area contributed by atoms with Gasteiger partial charge in [-0.2, -0.15) is 0 Å². The lowest BCUT2D eigenvalue weighted by Gasteiger charge is -2.33. The average Bonchev–Trinajstić information content (AvgIpc) is 2.92. The highest BCUT2D eigenvalue weighted by Gasteiger charge is 2.26. The molecule has 0 radical (unpaired) electrons. The summed E-state index contributed by atoms with van der Waals surface area (Å²) in [6, 6.07) is 3.06. The van der Waals surface area contributed by atoms with Crippen LogP contribution in [0.2, 0.25) is 4.34 Å². The Hall–Kier alpha value is -0.670. The van der Waals surface area contributed by atoms with Gasteiger partial charge in [-0.25, -0.2) is 13.1 Å². The quantitative estimate of drug-likeness (QED) is 0.821. The number of sulfonamides is 1. The second-order valence-corrected chi connectivity index (χ2v) is 9.17. The van der Waals surface area contributed by atoms with E-state index in [1.54, 1.807) is 4.90 Å². The normalized spacial score (nSPS) is 18.4. The Kier molecular flexibility index (Phi) is 5.84. The van der Waals surface area contributed by atoms with Crippen LogP contribution in [0.25, 0.3) is 0 Å². The summed E-state index contributed by atoms with van der Waals surface area (Å²) < 4.78 is 26.9. The van der Waals surface area contributed by atoms with E-state index >= 15 is 0 Å². The highest BCUT2D eigenvalue weighted by atomic mass is 35.5. The Bertz CT molecular complexity index is 622. The van der Waals surface area contributed by atoms with Crippen LogP contribution in [0.15, 0.2) is 16.3 Å². The molecule has 1 unspecified atom stereocenters. The summed E-state index contributed by atoms with van der Waals surface area (Å²) in [6.45, 7) is 2.98. The minimum absolute atomic E-state index is 0.112. The molecule has 0 saturated carbocycles. The van der Waals surface area contributed by atoms with E-state index in [2.05, 4.69) is 4.72 Å². The highest BCUT2D eigenvalue weighted by Crippen LogP contribution is 2.25. The topological polar surface area (TPSA) is 92.5 Å². The number of hydrogen-bond donors (Lipinski definition) is 2. The molecule has 1 atom stereocenters. The zero-order valence-corrected chi connectivity index (χ0v) is 14.7. The molecule has 0 bridgehead atoms. The number of hydrogen-bond acceptors (Lipinski definition) is 5. The number of likely N-dealkylation sites (tertiary alicyclic amines) is 1. The van der Waals surface area contributed by atoms with Crippen LogP contribution in [0.3, 0.4) is 0 Å². The molecule has 1 aliphatic heterocycles. The van der Waals surface area contributed by atoms with E-state index in [1.165, 1.54) is 12.1 Å². The third-order valence-corrected chi connectivity index (χ3v) is 6.99. The molecule has 2 heterocycles. The van der Waals surface area contributed by atoms with Crippen molar-refractivity contribution in [3.63, 3.8) is 0 Å². The minimum Gasteiger partial charge on any atom is -0.342 e. The maximum absolute atomic E-state index is 12.1. The van der Waals surface area contributed by atoms with E-state index in [9.17, 15) is 13.2 Å². The molecule has 1 fully saturated rings. The zero-order valence-electron chi connectivity index (χ0n) is 12.3. The number of nitrogens with one attached hydrogen (secondary N) is 1. The van der Waals surface area contributed by atoms with Gasteiger partial charge in [0.25, 0.3) is 10.0 Å². The summed E-state index contributed by atoms with van der Waals surface area (Å²) in [4.78, 5) is 13.8. The molecule has 1 amide bonds. The van der Waals surface area contributed by atoms with E-state index in [4.69, 9.17) is 17.3 Å². The molecule has 0 aliphatic carbocycles. The summed E-state index contributed by atoms with van der Waals surface area (Å²) in [7, 11) is -3.68. The predicted molar refractivity (Wildman–Crippen MR) is 87.5 cm³/mol. The molecular weight excluding hydrogens is 346 g/mol. The standard InChI is InChI=1S/C13H20ClN3O3S2/c1-9(15)10-4-6-17(7-5-10)12(18)8-16-22(19,20)13-3-2-11(14)21-13/h2-3,9-10,16H,4-8,15H2,1H3. The molecule has 0 spiro atoms. The van der Waals surface area contributed by atoms with Gasteiger partial charge in [0, 0.05) is 19.1 Å². The molecule has 1 saturated heterocycles. The van der Waals surface area contributed by atoms with Gasteiger partial charge >= 0.3 is 0 Å². The van der Waals surface area contributed by atoms with Crippen LogP contribution in [0.1, 0.15) is 19.8 Å². The van der Waals surface area contributed by atoms with Crippen molar-refractivity contribution in [1.82, 2.24) is 9.62 Å². The van der Waals surface area contributed by atoms with Gasteiger partial charge in [0.05, 0.1) is 10.9 Å². The van der Waals surface area contributed by atoms with Crippen LogP contribution in [-0.2, 0) is 14.8 Å². The molecule has 3 N–H and O–H groups in total. The fraction of sp³-hybridized carbons (Fsp3) is 0.615. The third-order valence-electron chi connectivity index (χ3n) is 3.86. The Balaban J connectivity index is 1.86. The van der Waals surface area contributed by atoms with Crippen LogP contribution >= 0.6 is 22.9 Å². The van der Waals surface area contributed by atoms with E-state index in [0.717, 1.165) is 24.2 Å². The van der Waals surface area contributed by atoms with Gasteiger partial charge in [-0.05, 0) is 37.8 Å². The number of piperidine rings is 1. The van der Waals surface area contributed by atoms with Gasteiger partial charge in [-0.1, -0.05) is 11.6 Å². The molecule has 9 heteroatoms. The van der Waals surface area contributed by atoms with Crippen molar-refractivity contribution in [3.8, 4) is 0 Å². The Morgan fingerprint density at radius 2 is 2.14 bits per heavy atom. The number of nitrogens with two attached hydrogens (primary N) is 1. The number of nitrogens with zero attached hydrogens (tertiary/aromatic N) is 1. The van der Waals surface area contributed by atoms with Crippen LogP contribution in [-0.4, -0.2) is 44.9 Å². The maximum atomic E-state index is 12.1. The molecule has 124 valence electrons. The fourth-order valence-electron chi connectivity index (χ4n) is 2.46. The molecule has 2 rings (SSSR count). The maximum Gasteiger partial charge on any atom is 0.250 e. The second-order valence-electron chi connectivity index (χ2n) is 5.46. The van der Waals surface area contributed by atoms with Crippen LogP contribution in [0.4, 0.5) is 0 Å². The SMILES string of the molecule is CC(N)C1CCN(C(=O)CNS(=O)(=O)c2ccc(Cl)s2)CC1. The molecular formula is C13H20ClN3O3S2. The van der Waals surface area contributed by atoms with Gasteiger partial charge in [-0.3, -0.25) is 4.79 Å². The summed E-state index contributed by atoms with van der Waals surface area (Å²) in [5, 5.41) is 0. The first-order valence-corrected chi connectivity index (χ1v) is 9.75. The predicted octanol–water partition coefficient (Wildman–Crippen LogP) is 1.27. The average molecular weight is 366 g/mol. The van der Waals surface area contributed by atoms with Crippen molar-refractivity contribution in [2.75, 3.05) is 19.6 Å². The molecule has 22 heavy (non-hydrogen) atoms. The monoisotopic (exact) mass is 365 g/mol. The smallest absolute Gasteiger partial charge is 0.250 e. The number of thiophene rings is 1. The Morgan fingerprint density at radius 1 is 1.50 bits per heavy atom. The fourth-order valence-corrected chi connectivity index (χ4v) is 4.96. The summed E-state index contributed by atoms with van der Waals surface area (Å²) >= 11 is 6.69. The number of halogens is 1. The van der Waals surface area contributed by atoms with Gasteiger partial charge in [0.2, 0.25) is 5.91 Å². The van der Waals surface area contributed by atoms with Gasteiger partial charge in [0.15, 0.2) is 0 Å². The number of carbonyl (C=O) groups excluding carboxylic acids is 1. The lowest BCUT2D eigenvalue weighted by Crippen LogP contribution is -2.46. The van der Waals surface area contributed by atoms with Crippen LogP contribution in [0, 0.1) is 5.92 Å². The zero-order chi connectivity index (χ0) is 16.3. The van der Waals surface area contributed by atoms with Crippen molar-refractivity contribution < 1.29 is 13.2 Å². The van der Waals surface area contributed by atoms with Crippen molar-refractivity contribution in [2.45, 2.75) is 30.0 Å². The third kappa shape index (κ3) is 4.42. The number of carbonyl (C=O) groups is 1. The lowest BCUT2D eigenvalue weighted by molar-refractivity contribution is -0.131. The molecule has 0 aromatic carbocycles. The van der Waals surface area contributed by atoms with Crippen LogP contribution in [0.5, 0.6) is 0 Å². The minimum atomic E-state index is -3.68. The summed E-state index contributed by atoms with van der Waals surface area (Å²) in [5.41, 5.74) is 5.87. The van der Waals surface area contributed by atoms with Gasteiger partial charge < -0.3 is 10.6 Å². The largest absolute Gasteiger partial charge is 0.342 e. The van der Waals surface area contributed by atoms with Crippen molar-refractivity contribution in [3.05, 3.63) is 16.5 Å². The Morgan fingerprint density at radius 3 is 2.64 bits per heavy atom. The van der Waals surface area contributed by atoms with E-state index < -0.39 is 10.0 Å². The van der Waals surface area contributed by atoms with E-state index in [-0.39, 0.29) is 22.7 Å². The van der Waals surface area contributed by atoms with Crippen molar-refractivity contribution in [1.29, 1.82) is 0 Å². The first-order chi connectivity index (χ1) is 10.3. The number of rotatable bonds is 5. The van der Waals surface area contributed by atoms with Crippen molar-refractivity contribution >= 4 is 38.9 Å². The van der Waals surface area contributed by atoms with E-state index in [1.807, 2.05) is 6.92 Å². The molecule has 6 nitrogen and oxygen atoms in total. The first kappa shape index (κ1) is 17.7. The van der Waals surface area contributed by atoms with Gasteiger partial charge in [-0.15, -0.1) is 11.3 Å². The van der Waals surface area contributed by atoms with E-state index in [0.29, 0.717) is 23.3 Å². The second kappa shape index (κ2) is 7.27. The summed E-state index contributed by atoms with van der Waals surface area (Å²) in [5.74, 6) is 0.211. The highest BCUT2D eigenvalue weighted by molar-refractivity contribution is 7.91. The first-order valence-electron chi connectivity index (χ1n) is 7.08. The van der Waals surface area contributed by atoms with Crippen LogP contribution < -0.4 is 10.5 Å². The van der Waals surface area contributed by atoms with Gasteiger partial charge in [0.1, 0.15) is 4.21 Å². The molecule has 1 aromatic heterocycles.